The summed E-state index contributed by atoms with van der Waals surface area (Å²) in [6.45, 7) is 2.31. The number of benzene rings is 1. The van der Waals surface area contributed by atoms with Gasteiger partial charge in [-0.2, -0.15) is 13.2 Å². The van der Waals surface area contributed by atoms with Crippen LogP contribution in [0, 0.1) is 5.92 Å². The van der Waals surface area contributed by atoms with E-state index < -0.39 is 40.8 Å². The topological polar surface area (TPSA) is 66.5 Å². The maximum atomic E-state index is 14.5. The summed E-state index contributed by atoms with van der Waals surface area (Å²) in [5.41, 5.74) is -3.24. The Kier molecular flexibility index (Phi) is 6.57. The van der Waals surface area contributed by atoms with E-state index in [0.29, 0.717) is 19.3 Å². The molecule has 3 rings (SSSR count). The number of carbonyl (C=O) groups excluding carboxylic acids is 3. The molecule has 1 aromatic rings. The molecule has 1 saturated carbocycles. The molecule has 2 amide bonds. The van der Waals surface area contributed by atoms with Crippen LogP contribution in [0.2, 0.25) is 0 Å². The van der Waals surface area contributed by atoms with Gasteiger partial charge in [0.1, 0.15) is 0 Å². The highest BCUT2D eigenvalue weighted by Gasteiger charge is 2.69. The zero-order valence-electron chi connectivity index (χ0n) is 17.7. The first-order valence-corrected chi connectivity index (χ1v) is 10.6. The summed E-state index contributed by atoms with van der Waals surface area (Å²) in [6, 6.07) is 9.05. The first kappa shape index (κ1) is 23.0. The fourth-order valence-corrected chi connectivity index (χ4v) is 4.64. The number of carbonyl (C=O) groups is 3. The van der Waals surface area contributed by atoms with Gasteiger partial charge < -0.3 is 10.2 Å². The van der Waals surface area contributed by atoms with Crippen molar-refractivity contribution in [1.82, 2.24) is 10.2 Å². The fourth-order valence-electron chi connectivity index (χ4n) is 4.64. The number of nitrogens with one attached hydrogen (secondary N) is 1. The minimum Gasteiger partial charge on any atom is -0.330 e. The number of alkyl halides is 3. The highest BCUT2D eigenvalue weighted by molar-refractivity contribution is 6.12. The van der Waals surface area contributed by atoms with Crippen LogP contribution in [-0.4, -0.2) is 40.8 Å². The zero-order valence-corrected chi connectivity index (χ0v) is 17.7. The Morgan fingerprint density at radius 1 is 1.13 bits per heavy atom. The van der Waals surface area contributed by atoms with E-state index in [1.807, 2.05) is 23.5 Å². The van der Waals surface area contributed by atoms with Gasteiger partial charge in [-0.05, 0) is 38.7 Å². The lowest BCUT2D eigenvalue weighted by atomic mass is 9.84. The molecule has 1 N–H and O–H groups in total. The van der Waals surface area contributed by atoms with Crippen LogP contribution in [0.4, 0.5) is 13.2 Å². The summed E-state index contributed by atoms with van der Waals surface area (Å²) in [7, 11) is 0. The predicted octanol–water partition coefficient (Wildman–Crippen LogP) is 3.93. The molecule has 1 fully saturated rings. The van der Waals surface area contributed by atoms with Crippen LogP contribution in [-0.2, 0) is 20.8 Å². The van der Waals surface area contributed by atoms with Crippen molar-refractivity contribution >= 4 is 17.6 Å². The van der Waals surface area contributed by atoms with Crippen molar-refractivity contribution in [2.75, 3.05) is 6.54 Å². The molecule has 8 heteroatoms. The third-order valence-electron chi connectivity index (χ3n) is 6.24. The number of hydrogen-bond donors (Lipinski definition) is 1. The van der Waals surface area contributed by atoms with Gasteiger partial charge in [0.15, 0.2) is 5.78 Å². The second kappa shape index (κ2) is 8.85. The Morgan fingerprint density at radius 2 is 1.74 bits per heavy atom. The molecule has 0 bridgehead atoms. The molecule has 168 valence electrons. The second-order valence-corrected chi connectivity index (χ2v) is 8.28. The average Bonchev–Trinajstić information content (AvgIpc) is 2.94. The molecule has 0 unspecified atom stereocenters. The van der Waals surface area contributed by atoms with Crippen molar-refractivity contribution in [2.45, 2.75) is 64.1 Å². The Balaban J connectivity index is 1.97. The van der Waals surface area contributed by atoms with Crippen LogP contribution < -0.4 is 5.32 Å². The zero-order chi connectivity index (χ0) is 22.8. The van der Waals surface area contributed by atoms with Crippen molar-refractivity contribution in [3.63, 3.8) is 0 Å². The maximum Gasteiger partial charge on any atom is 0.425 e. The number of allylic oxidation sites excluding steroid dienone is 1. The molecule has 2 aliphatic rings. The van der Waals surface area contributed by atoms with Gasteiger partial charge in [0.2, 0.25) is 11.4 Å². The first-order valence-electron chi connectivity index (χ1n) is 10.6. The third-order valence-corrected chi connectivity index (χ3v) is 6.24. The summed E-state index contributed by atoms with van der Waals surface area (Å²) in [4.78, 5) is 39.4. The summed E-state index contributed by atoms with van der Waals surface area (Å²) in [6.07, 6.45) is -1.45. The van der Waals surface area contributed by atoms with Crippen LogP contribution in [0.15, 0.2) is 41.6 Å². The van der Waals surface area contributed by atoms with Crippen molar-refractivity contribution < 1.29 is 27.6 Å². The van der Waals surface area contributed by atoms with Gasteiger partial charge in [-0.15, -0.1) is 0 Å². The molecule has 1 aliphatic carbocycles. The van der Waals surface area contributed by atoms with E-state index in [1.54, 1.807) is 12.1 Å². The lowest BCUT2D eigenvalue weighted by Gasteiger charge is -2.35. The molecule has 0 spiro atoms. The summed E-state index contributed by atoms with van der Waals surface area (Å²) in [5.74, 6) is -3.60. The lowest BCUT2D eigenvalue weighted by molar-refractivity contribution is -0.195. The molecular formula is C23H27F3N2O3. The Bertz CT molecular complexity index is 889. The highest BCUT2D eigenvalue weighted by atomic mass is 19.4. The number of amides is 2. The number of rotatable bonds is 6. The Hall–Kier alpha value is -2.64. The number of nitrogens with zero attached hydrogens (tertiary/aromatic N) is 1. The SMILES string of the molecule is CC(=O)C1=C(C)N(CCc2ccccc2)C(=O)[C@@]1(NC(=O)C1CCCCC1)C(F)(F)F. The molecular weight excluding hydrogens is 409 g/mol. The van der Waals surface area contributed by atoms with Crippen LogP contribution in [0.1, 0.15) is 51.5 Å². The molecule has 1 heterocycles. The quantitative estimate of drug-likeness (QED) is 0.735. The molecule has 0 saturated heterocycles. The lowest BCUT2D eigenvalue weighted by Crippen LogP contribution is -2.66. The average molecular weight is 436 g/mol. The minimum atomic E-state index is -5.15. The van der Waals surface area contributed by atoms with Crippen molar-refractivity contribution in [1.29, 1.82) is 0 Å². The van der Waals surface area contributed by atoms with Gasteiger partial charge in [0, 0.05) is 18.2 Å². The van der Waals surface area contributed by atoms with Crippen LogP contribution in [0.5, 0.6) is 0 Å². The second-order valence-electron chi connectivity index (χ2n) is 8.28. The highest BCUT2D eigenvalue weighted by Crippen LogP contribution is 2.45. The summed E-state index contributed by atoms with van der Waals surface area (Å²) in [5, 5.41) is 2.01. The van der Waals surface area contributed by atoms with Crippen molar-refractivity contribution in [2.24, 2.45) is 5.92 Å². The predicted molar refractivity (Wildman–Crippen MR) is 109 cm³/mol. The van der Waals surface area contributed by atoms with Gasteiger partial charge in [0.25, 0.3) is 5.91 Å². The molecule has 0 aromatic heterocycles. The van der Waals surface area contributed by atoms with Gasteiger partial charge in [-0.1, -0.05) is 49.6 Å². The number of ketones is 1. The molecule has 31 heavy (non-hydrogen) atoms. The first-order chi connectivity index (χ1) is 14.6. The molecule has 0 radical (unpaired) electrons. The smallest absolute Gasteiger partial charge is 0.330 e. The molecule has 5 nitrogen and oxygen atoms in total. The van der Waals surface area contributed by atoms with E-state index in [0.717, 1.165) is 36.6 Å². The maximum absolute atomic E-state index is 14.5. The van der Waals surface area contributed by atoms with Crippen molar-refractivity contribution in [3.8, 4) is 0 Å². The molecule has 1 aliphatic heterocycles. The largest absolute Gasteiger partial charge is 0.425 e. The van der Waals surface area contributed by atoms with Gasteiger partial charge in [-0.3, -0.25) is 14.4 Å². The van der Waals surface area contributed by atoms with Crippen LogP contribution in [0.25, 0.3) is 0 Å². The van der Waals surface area contributed by atoms with E-state index in [1.165, 1.54) is 6.92 Å². The summed E-state index contributed by atoms with van der Waals surface area (Å²) < 4.78 is 43.4. The Morgan fingerprint density at radius 3 is 2.29 bits per heavy atom. The molecule has 1 aromatic carbocycles. The standard InChI is InChI=1S/C23H27F3N2O3/c1-15-19(16(2)29)22(23(24,25)26,27-20(30)18-11-7-4-8-12-18)21(31)28(15)14-13-17-9-5-3-6-10-17/h3,5-6,9-10,18H,4,7-8,11-14H2,1-2H3,(H,27,30)/t22-/m1/s1. The Labute approximate surface area is 179 Å². The van der Waals surface area contributed by atoms with Crippen LogP contribution in [0.3, 0.4) is 0 Å². The van der Waals surface area contributed by atoms with Crippen molar-refractivity contribution in [3.05, 3.63) is 47.2 Å². The van der Waals surface area contributed by atoms with Crippen LogP contribution >= 0.6 is 0 Å². The third kappa shape index (κ3) is 4.25. The molecule has 1 atom stereocenters. The minimum absolute atomic E-state index is 0.0252. The number of hydrogen-bond acceptors (Lipinski definition) is 3. The van der Waals surface area contributed by atoms with E-state index in [-0.39, 0.29) is 12.2 Å². The van der Waals surface area contributed by atoms with E-state index in [2.05, 4.69) is 0 Å². The van der Waals surface area contributed by atoms with E-state index in [9.17, 15) is 27.6 Å². The fraction of sp³-hybridized carbons (Fsp3) is 0.522. The van der Waals surface area contributed by atoms with E-state index >= 15 is 0 Å². The number of halogens is 3. The monoisotopic (exact) mass is 436 g/mol. The summed E-state index contributed by atoms with van der Waals surface area (Å²) >= 11 is 0. The van der Waals surface area contributed by atoms with E-state index in [4.69, 9.17) is 0 Å². The van der Waals surface area contributed by atoms with Gasteiger partial charge in [-0.25, -0.2) is 0 Å². The van der Waals surface area contributed by atoms with Gasteiger partial charge >= 0.3 is 6.18 Å². The number of Topliss-reactive ketones (excluding diaryl/α,β-unsaturated/α-hetero) is 1. The normalized spacial score (nSPS) is 22.7. The van der Waals surface area contributed by atoms with Gasteiger partial charge in [0.05, 0.1) is 5.57 Å².